The zero-order chi connectivity index (χ0) is 11.8. The van der Waals surface area contributed by atoms with Gasteiger partial charge in [-0.1, -0.05) is 53.6 Å². The predicted octanol–water partition coefficient (Wildman–Crippen LogP) is 4.00. The Morgan fingerprint density at radius 3 is 1.62 bits per heavy atom. The van der Waals surface area contributed by atoms with Crippen LogP contribution < -0.4 is 4.74 Å². The Morgan fingerprint density at radius 1 is 0.750 bits per heavy atom. The second-order valence-corrected chi connectivity index (χ2v) is 3.68. The van der Waals surface area contributed by atoms with E-state index in [-0.39, 0.29) is 0 Å². The first-order valence-electron chi connectivity index (χ1n) is 5.34. The van der Waals surface area contributed by atoms with E-state index in [4.69, 9.17) is 4.74 Å². The lowest BCUT2D eigenvalue weighted by molar-refractivity contribution is 0.415. The lowest BCUT2D eigenvalue weighted by atomic mass is 10.2. The Morgan fingerprint density at radius 2 is 1.31 bits per heavy atom. The highest BCUT2D eigenvalue weighted by Crippen LogP contribution is 2.05. The summed E-state index contributed by atoms with van der Waals surface area (Å²) in [6.45, 7) is 4.21. The quantitative estimate of drug-likeness (QED) is 0.697. The third kappa shape index (κ3) is 4.65. The van der Waals surface area contributed by atoms with E-state index in [0.717, 1.165) is 5.75 Å². The van der Waals surface area contributed by atoms with Gasteiger partial charge in [0.15, 0.2) is 0 Å². The van der Waals surface area contributed by atoms with Crippen LogP contribution >= 0.6 is 0 Å². The van der Waals surface area contributed by atoms with Crippen molar-refractivity contribution in [2.45, 2.75) is 13.8 Å². The minimum atomic E-state index is 0.910. The molecule has 0 aliphatic carbocycles. The summed E-state index contributed by atoms with van der Waals surface area (Å²) in [6, 6.07) is 18.1. The van der Waals surface area contributed by atoms with Crippen molar-refractivity contribution >= 4 is 0 Å². The Kier molecular flexibility index (Phi) is 5.13. The van der Waals surface area contributed by atoms with Gasteiger partial charge >= 0.3 is 0 Å². The van der Waals surface area contributed by atoms with E-state index in [0.29, 0.717) is 0 Å². The molecule has 0 bridgehead atoms. The average molecular weight is 214 g/mol. The molecule has 0 fully saturated rings. The summed E-state index contributed by atoms with van der Waals surface area (Å²) in [5.41, 5.74) is 2.68. The molecule has 0 amide bonds. The molecule has 0 unspecified atom stereocenters. The second kappa shape index (κ2) is 6.67. The van der Waals surface area contributed by atoms with E-state index in [1.165, 1.54) is 11.1 Å². The van der Waals surface area contributed by atoms with Crippen molar-refractivity contribution in [2.75, 3.05) is 7.11 Å². The monoisotopic (exact) mass is 214 g/mol. The minimum absolute atomic E-state index is 0.910. The van der Waals surface area contributed by atoms with Gasteiger partial charge in [-0.25, -0.2) is 0 Å². The standard InChI is InChI=1S/C8H10.C7H8O/c1-7-4-3-5-8(2)6-7;1-8-7-5-3-2-4-6-7/h3-6H,1-2H3;2-6H,1H3. The first kappa shape index (κ1) is 12.3. The minimum Gasteiger partial charge on any atom is -0.497 e. The van der Waals surface area contributed by atoms with E-state index in [9.17, 15) is 0 Å². The van der Waals surface area contributed by atoms with Gasteiger partial charge in [0.1, 0.15) is 5.75 Å². The Labute approximate surface area is 97.7 Å². The van der Waals surface area contributed by atoms with Crippen LogP contribution in [0, 0.1) is 13.8 Å². The van der Waals surface area contributed by atoms with Crippen LogP contribution in [0.15, 0.2) is 54.6 Å². The first-order chi connectivity index (χ1) is 7.72. The molecular weight excluding hydrogens is 196 g/mol. The molecule has 1 nitrogen and oxygen atoms in total. The van der Waals surface area contributed by atoms with E-state index < -0.39 is 0 Å². The fraction of sp³-hybridized carbons (Fsp3) is 0.200. The largest absolute Gasteiger partial charge is 0.497 e. The summed E-state index contributed by atoms with van der Waals surface area (Å²) in [7, 11) is 1.66. The summed E-state index contributed by atoms with van der Waals surface area (Å²) in [4.78, 5) is 0. The topological polar surface area (TPSA) is 9.23 Å². The highest BCUT2D eigenvalue weighted by molar-refractivity contribution is 5.21. The second-order valence-electron chi connectivity index (χ2n) is 3.68. The number of methoxy groups -OCH3 is 1. The molecule has 84 valence electrons. The van der Waals surface area contributed by atoms with Crippen molar-refractivity contribution in [3.05, 3.63) is 65.7 Å². The summed E-state index contributed by atoms with van der Waals surface area (Å²) < 4.78 is 4.91. The Balaban J connectivity index is 0.000000160. The van der Waals surface area contributed by atoms with Gasteiger partial charge in [0.25, 0.3) is 0 Å². The van der Waals surface area contributed by atoms with Gasteiger partial charge in [-0.2, -0.15) is 0 Å². The molecule has 2 aromatic carbocycles. The lowest BCUT2D eigenvalue weighted by Crippen LogP contribution is -1.78. The van der Waals surface area contributed by atoms with Crippen molar-refractivity contribution in [1.82, 2.24) is 0 Å². The van der Waals surface area contributed by atoms with Crippen LogP contribution in [0.3, 0.4) is 0 Å². The van der Waals surface area contributed by atoms with Gasteiger partial charge < -0.3 is 4.74 Å². The molecule has 0 radical (unpaired) electrons. The molecule has 16 heavy (non-hydrogen) atoms. The molecule has 0 aliphatic heterocycles. The maximum absolute atomic E-state index is 4.91. The van der Waals surface area contributed by atoms with E-state index >= 15 is 0 Å². The van der Waals surface area contributed by atoms with Crippen molar-refractivity contribution in [3.63, 3.8) is 0 Å². The summed E-state index contributed by atoms with van der Waals surface area (Å²) in [6.07, 6.45) is 0. The number of rotatable bonds is 1. The van der Waals surface area contributed by atoms with Gasteiger partial charge in [-0.15, -0.1) is 0 Å². The number of para-hydroxylation sites is 1. The van der Waals surface area contributed by atoms with Crippen molar-refractivity contribution in [2.24, 2.45) is 0 Å². The van der Waals surface area contributed by atoms with Gasteiger partial charge in [0, 0.05) is 0 Å². The van der Waals surface area contributed by atoms with E-state index in [2.05, 4.69) is 38.1 Å². The molecule has 0 saturated heterocycles. The summed E-state index contributed by atoms with van der Waals surface area (Å²) in [5.74, 6) is 0.910. The van der Waals surface area contributed by atoms with Crippen molar-refractivity contribution < 1.29 is 4.74 Å². The number of hydrogen-bond donors (Lipinski definition) is 0. The van der Waals surface area contributed by atoms with Gasteiger partial charge in [0.2, 0.25) is 0 Å². The molecule has 0 atom stereocenters. The van der Waals surface area contributed by atoms with Crippen LogP contribution in [0.1, 0.15) is 11.1 Å². The third-order valence-electron chi connectivity index (χ3n) is 2.15. The third-order valence-corrected chi connectivity index (χ3v) is 2.15. The molecule has 0 aromatic heterocycles. The van der Waals surface area contributed by atoms with Gasteiger partial charge in [-0.3, -0.25) is 0 Å². The molecule has 2 rings (SSSR count). The summed E-state index contributed by atoms with van der Waals surface area (Å²) >= 11 is 0. The molecular formula is C15H18O. The number of ether oxygens (including phenoxy) is 1. The average Bonchev–Trinajstić information content (AvgIpc) is 2.31. The van der Waals surface area contributed by atoms with E-state index in [1.807, 2.05) is 30.3 Å². The van der Waals surface area contributed by atoms with Crippen LogP contribution in [0.2, 0.25) is 0 Å². The molecule has 2 aromatic rings. The van der Waals surface area contributed by atoms with Crippen LogP contribution in [0.25, 0.3) is 0 Å². The maximum Gasteiger partial charge on any atom is 0.118 e. The van der Waals surface area contributed by atoms with Crippen LogP contribution in [-0.2, 0) is 0 Å². The Hall–Kier alpha value is -1.76. The summed E-state index contributed by atoms with van der Waals surface area (Å²) in [5, 5.41) is 0. The zero-order valence-corrected chi connectivity index (χ0v) is 10.1. The zero-order valence-electron chi connectivity index (χ0n) is 10.1. The fourth-order valence-electron chi connectivity index (χ4n) is 1.36. The molecule has 0 spiro atoms. The van der Waals surface area contributed by atoms with Crippen LogP contribution in [-0.4, -0.2) is 7.11 Å². The van der Waals surface area contributed by atoms with Crippen LogP contribution in [0.4, 0.5) is 0 Å². The van der Waals surface area contributed by atoms with Gasteiger partial charge in [-0.05, 0) is 26.0 Å². The maximum atomic E-state index is 4.91. The van der Waals surface area contributed by atoms with E-state index in [1.54, 1.807) is 7.11 Å². The van der Waals surface area contributed by atoms with Crippen molar-refractivity contribution in [1.29, 1.82) is 0 Å². The lowest BCUT2D eigenvalue weighted by Gasteiger charge is -1.93. The van der Waals surface area contributed by atoms with Gasteiger partial charge in [0.05, 0.1) is 7.11 Å². The smallest absolute Gasteiger partial charge is 0.118 e. The molecule has 1 heteroatoms. The van der Waals surface area contributed by atoms with Crippen molar-refractivity contribution in [3.8, 4) is 5.75 Å². The van der Waals surface area contributed by atoms with Crippen LogP contribution in [0.5, 0.6) is 5.75 Å². The fourth-order valence-corrected chi connectivity index (χ4v) is 1.36. The normalized spacial score (nSPS) is 8.94. The SMILES string of the molecule is COc1ccccc1.Cc1cccc(C)c1. The highest BCUT2D eigenvalue weighted by atomic mass is 16.5. The number of hydrogen-bond acceptors (Lipinski definition) is 1. The number of aryl methyl sites for hydroxylation is 2. The first-order valence-corrected chi connectivity index (χ1v) is 5.34. The highest BCUT2D eigenvalue weighted by Gasteiger charge is 1.81. The Bertz CT molecular complexity index is 390. The molecule has 0 heterocycles. The number of benzene rings is 2. The molecule has 0 saturated carbocycles. The molecule has 0 aliphatic rings. The predicted molar refractivity (Wildman–Crippen MR) is 68.9 cm³/mol. The molecule has 0 N–H and O–H groups in total.